The Morgan fingerprint density at radius 2 is 1.88 bits per heavy atom. The molecule has 5 nitrogen and oxygen atoms in total. The van der Waals surface area contributed by atoms with Gasteiger partial charge in [0, 0.05) is 18.3 Å². The molecule has 1 saturated carbocycles. The minimum absolute atomic E-state index is 0.129. The molecule has 1 heterocycles. The number of aromatic nitrogens is 2. The van der Waals surface area contributed by atoms with Gasteiger partial charge in [-0.2, -0.15) is 0 Å². The molecule has 0 atom stereocenters. The zero-order chi connectivity index (χ0) is 18.2. The first-order valence-corrected chi connectivity index (χ1v) is 9.65. The SMILES string of the molecule is Cc1cc(C(=O)NCCCc2ccccc2)nc(NC2CCCCC2)n1. The Hall–Kier alpha value is -2.43. The molecule has 1 aromatic carbocycles. The maximum atomic E-state index is 12.4. The van der Waals surface area contributed by atoms with E-state index in [1.807, 2.05) is 25.1 Å². The summed E-state index contributed by atoms with van der Waals surface area (Å²) in [5.41, 5.74) is 2.54. The number of hydrogen-bond acceptors (Lipinski definition) is 4. The lowest BCUT2D eigenvalue weighted by Gasteiger charge is -2.23. The lowest BCUT2D eigenvalue weighted by Crippen LogP contribution is -2.28. The van der Waals surface area contributed by atoms with E-state index in [0.717, 1.165) is 31.4 Å². The number of amides is 1. The van der Waals surface area contributed by atoms with Crippen LogP contribution in [0.15, 0.2) is 36.4 Å². The first-order valence-electron chi connectivity index (χ1n) is 9.65. The highest BCUT2D eigenvalue weighted by molar-refractivity contribution is 5.92. The molecule has 1 amide bonds. The van der Waals surface area contributed by atoms with E-state index in [9.17, 15) is 4.79 Å². The summed E-state index contributed by atoms with van der Waals surface area (Å²) in [5.74, 6) is 0.446. The molecule has 1 fully saturated rings. The number of rotatable bonds is 7. The van der Waals surface area contributed by atoms with Crippen molar-refractivity contribution >= 4 is 11.9 Å². The van der Waals surface area contributed by atoms with E-state index in [4.69, 9.17) is 0 Å². The van der Waals surface area contributed by atoms with Gasteiger partial charge in [0.25, 0.3) is 5.91 Å². The van der Waals surface area contributed by atoms with Gasteiger partial charge in [0.2, 0.25) is 5.95 Å². The molecule has 0 bridgehead atoms. The molecule has 0 unspecified atom stereocenters. The molecule has 0 spiro atoms. The second-order valence-electron chi connectivity index (χ2n) is 7.04. The Morgan fingerprint density at radius 3 is 2.65 bits per heavy atom. The van der Waals surface area contributed by atoms with Gasteiger partial charge in [0.1, 0.15) is 5.69 Å². The Bertz CT molecular complexity index is 711. The summed E-state index contributed by atoms with van der Waals surface area (Å²) in [7, 11) is 0. The van der Waals surface area contributed by atoms with Crippen molar-refractivity contribution in [2.45, 2.75) is 57.9 Å². The van der Waals surface area contributed by atoms with Crippen molar-refractivity contribution in [3.8, 4) is 0 Å². The van der Waals surface area contributed by atoms with Gasteiger partial charge in [0.05, 0.1) is 0 Å². The molecule has 3 rings (SSSR count). The van der Waals surface area contributed by atoms with Gasteiger partial charge in [0.15, 0.2) is 0 Å². The smallest absolute Gasteiger partial charge is 0.270 e. The highest BCUT2D eigenvalue weighted by Gasteiger charge is 2.16. The highest BCUT2D eigenvalue weighted by atomic mass is 16.1. The summed E-state index contributed by atoms with van der Waals surface area (Å²) in [5, 5.41) is 6.37. The molecule has 1 aliphatic rings. The van der Waals surface area contributed by atoms with Crippen molar-refractivity contribution in [3.63, 3.8) is 0 Å². The number of anilines is 1. The van der Waals surface area contributed by atoms with Gasteiger partial charge >= 0.3 is 0 Å². The van der Waals surface area contributed by atoms with Crippen LogP contribution in [0.1, 0.15) is 60.3 Å². The summed E-state index contributed by atoms with van der Waals surface area (Å²) >= 11 is 0. The fraction of sp³-hybridized carbons (Fsp3) is 0.476. The first-order chi connectivity index (χ1) is 12.7. The number of nitrogens with zero attached hydrogens (tertiary/aromatic N) is 2. The highest BCUT2D eigenvalue weighted by Crippen LogP contribution is 2.20. The van der Waals surface area contributed by atoms with E-state index in [-0.39, 0.29) is 5.91 Å². The normalized spacial score (nSPS) is 14.8. The minimum atomic E-state index is -0.129. The summed E-state index contributed by atoms with van der Waals surface area (Å²) in [6.45, 7) is 2.54. The van der Waals surface area contributed by atoms with Crippen molar-refractivity contribution in [2.24, 2.45) is 0 Å². The molecule has 1 aromatic heterocycles. The molecule has 2 aromatic rings. The Morgan fingerprint density at radius 1 is 1.12 bits per heavy atom. The summed E-state index contributed by atoms with van der Waals surface area (Å²) in [6.07, 6.45) is 7.97. The van der Waals surface area contributed by atoms with Crippen LogP contribution < -0.4 is 10.6 Å². The van der Waals surface area contributed by atoms with Gasteiger partial charge < -0.3 is 10.6 Å². The molecular weight excluding hydrogens is 324 g/mol. The van der Waals surface area contributed by atoms with Crippen molar-refractivity contribution in [1.29, 1.82) is 0 Å². The number of hydrogen-bond donors (Lipinski definition) is 2. The predicted octanol–water partition coefficient (Wildman–Crippen LogP) is 3.89. The number of nitrogens with one attached hydrogen (secondary N) is 2. The minimum Gasteiger partial charge on any atom is -0.351 e. The lowest BCUT2D eigenvalue weighted by atomic mass is 9.96. The van der Waals surface area contributed by atoms with Crippen molar-refractivity contribution in [1.82, 2.24) is 15.3 Å². The van der Waals surface area contributed by atoms with Crippen LogP contribution in [0.4, 0.5) is 5.95 Å². The molecule has 0 saturated heterocycles. The van der Waals surface area contributed by atoms with Crippen molar-refractivity contribution in [2.75, 3.05) is 11.9 Å². The monoisotopic (exact) mass is 352 g/mol. The third-order valence-corrected chi connectivity index (χ3v) is 4.80. The number of carbonyl (C=O) groups excluding carboxylic acids is 1. The van der Waals surface area contributed by atoms with Crippen LogP contribution in [0.25, 0.3) is 0 Å². The number of benzene rings is 1. The molecule has 0 aliphatic heterocycles. The van der Waals surface area contributed by atoms with Gasteiger partial charge in [-0.15, -0.1) is 0 Å². The Kier molecular flexibility index (Phi) is 6.58. The third-order valence-electron chi connectivity index (χ3n) is 4.80. The standard InChI is InChI=1S/C21H28N4O/c1-16-15-19(25-21(23-16)24-18-12-6-3-7-13-18)20(26)22-14-8-11-17-9-4-2-5-10-17/h2,4-5,9-10,15,18H,3,6-8,11-14H2,1H3,(H,22,26)(H,23,24,25). The molecule has 5 heteroatoms. The fourth-order valence-electron chi connectivity index (χ4n) is 3.41. The van der Waals surface area contributed by atoms with E-state index in [2.05, 4.69) is 32.7 Å². The Balaban J connectivity index is 1.51. The van der Waals surface area contributed by atoms with Gasteiger partial charge in [-0.05, 0) is 44.2 Å². The van der Waals surface area contributed by atoms with E-state index >= 15 is 0 Å². The lowest BCUT2D eigenvalue weighted by molar-refractivity contribution is 0.0948. The van der Waals surface area contributed by atoms with Gasteiger partial charge in [-0.1, -0.05) is 49.6 Å². The van der Waals surface area contributed by atoms with E-state index in [1.54, 1.807) is 6.07 Å². The number of carbonyl (C=O) groups is 1. The molecular formula is C21H28N4O. The van der Waals surface area contributed by atoms with Crippen LogP contribution in [0.2, 0.25) is 0 Å². The maximum Gasteiger partial charge on any atom is 0.270 e. The summed E-state index contributed by atoms with van der Waals surface area (Å²) in [4.78, 5) is 21.3. The molecule has 2 N–H and O–H groups in total. The molecule has 138 valence electrons. The van der Waals surface area contributed by atoms with E-state index in [0.29, 0.717) is 24.2 Å². The topological polar surface area (TPSA) is 66.9 Å². The largest absolute Gasteiger partial charge is 0.351 e. The fourth-order valence-corrected chi connectivity index (χ4v) is 3.41. The van der Waals surface area contributed by atoms with Crippen molar-refractivity contribution in [3.05, 3.63) is 53.3 Å². The molecule has 0 radical (unpaired) electrons. The zero-order valence-electron chi connectivity index (χ0n) is 15.5. The van der Waals surface area contributed by atoms with Crippen LogP contribution in [0.3, 0.4) is 0 Å². The third kappa shape index (κ3) is 5.55. The first kappa shape index (κ1) is 18.4. The maximum absolute atomic E-state index is 12.4. The Labute approximate surface area is 155 Å². The summed E-state index contributed by atoms with van der Waals surface area (Å²) < 4.78 is 0. The van der Waals surface area contributed by atoms with Crippen LogP contribution in [0.5, 0.6) is 0 Å². The van der Waals surface area contributed by atoms with Crippen LogP contribution in [-0.2, 0) is 6.42 Å². The van der Waals surface area contributed by atoms with E-state index < -0.39 is 0 Å². The summed E-state index contributed by atoms with van der Waals surface area (Å²) in [6, 6.07) is 12.5. The second kappa shape index (κ2) is 9.32. The van der Waals surface area contributed by atoms with Crippen LogP contribution in [-0.4, -0.2) is 28.5 Å². The molecule has 26 heavy (non-hydrogen) atoms. The van der Waals surface area contributed by atoms with Crippen LogP contribution >= 0.6 is 0 Å². The molecule has 1 aliphatic carbocycles. The number of aryl methyl sites for hydroxylation is 2. The van der Waals surface area contributed by atoms with E-state index in [1.165, 1.54) is 24.8 Å². The predicted molar refractivity (Wildman–Crippen MR) is 104 cm³/mol. The van der Waals surface area contributed by atoms with Crippen LogP contribution in [0, 0.1) is 6.92 Å². The van der Waals surface area contributed by atoms with Crippen molar-refractivity contribution < 1.29 is 4.79 Å². The zero-order valence-corrected chi connectivity index (χ0v) is 15.5. The average Bonchev–Trinajstić information content (AvgIpc) is 2.66. The quantitative estimate of drug-likeness (QED) is 0.742. The van der Waals surface area contributed by atoms with Gasteiger partial charge in [-0.3, -0.25) is 4.79 Å². The van der Waals surface area contributed by atoms with Gasteiger partial charge in [-0.25, -0.2) is 9.97 Å². The second-order valence-corrected chi connectivity index (χ2v) is 7.04. The average molecular weight is 352 g/mol.